The molecule has 1 aromatic heterocycles. The number of ether oxygens (including phenoxy) is 1. The maximum absolute atomic E-state index is 7.38. The van der Waals surface area contributed by atoms with E-state index in [2.05, 4.69) is 46.7 Å². The van der Waals surface area contributed by atoms with Crippen LogP contribution in [0, 0.1) is 5.41 Å². The minimum atomic E-state index is -0.0986. The first kappa shape index (κ1) is 23.0. The third-order valence-corrected chi connectivity index (χ3v) is 5.40. The summed E-state index contributed by atoms with van der Waals surface area (Å²) in [5.41, 5.74) is 10.6. The molecule has 4 N–H and O–H groups in total. The van der Waals surface area contributed by atoms with Crippen molar-refractivity contribution in [3.05, 3.63) is 108 Å². The smallest absolute Gasteiger partial charge is 0.217 e. The van der Waals surface area contributed by atoms with Gasteiger partial charge in [-0.15, -0.1) is 0 Å². The highest BCUT2D eigenvalue weighted by Gasteiger charge is 2.09. The van der Waals surface area contributed by atoms with Crippen LogP contribution < -0.4 is 15.8 Å². The van der Waals surface area contributed by atoms with Crippen LogP contribution in [0.2, 0.25) is 0 Å². The van der Waals surface area contributed by atoms with Crippen molar-refractivity contribution in [2.24, 2.45) is 5.73 Å². The van der Waals surface area contributed by atoms with Gasteiger partial charge >= 0.3 is 0 Å². The number of hydrogen-bond donors (Lipinski definition) is 3. The molecular formula is C28H29N5O. The van der Waals surface area contributed by atoms with Gasteiger partial charge in [-0.25, -0.2) is 4.98 Å². The third kappa shape index (κ3) is 6.90. The van der Waals surface area contributed by atoms with Gasteiger partial charge in [-0.3, -0.25) is 5.41 Å². The molecule has 4 rings (SSSR count). The number of benzene rings is 3. The van der Waals surface area contributed by atoms with E-state index in [0.29, 0.717) is 18.3 Å². The van der Waals surface area contributed by atoms with Crippen LogP contribution in [0.15, 0.2) is 91.0 Å². The predicted molar refractivity (Wildman–Crippen MR) is 137 cm³/mol. The lowest BCUT2D eigenvalue weighted by molar-refractivity contribution is 0.309. The Labute approximate surface area is 200 Å². The molecule has 172 valence electrons. The van der Waals surface area contributed by atoms with Crippen molar-refractivity contribution in [2.45, 2.75) is 25.7 Å². The summed E-state index contributed by atoms with van der Waals surface area (Å²) >= 11 is 0. The highest BCUT2D eigenvalue weighted by molar-refractivity contribution is 5.89. The van der Waals surface area contributed by atoms with E-state index in [9.17, 15) is 0 Å². The molecule has 4 aromatic rings. The van der Waals surface area contributed by atoms with Crippen LogP contribution in [0.25, 0.3) is 11.4 Å². The lowest BCUT2D eigenvalue weighted by atomic mass is 10.1. The number of nitrogens with two attached hydrogens (primary N) is 1. The topological polar surface area (TPSA) is 96.9 Å². The molecule has 0 fully saturated rings. The Bertz CT molecular complexity index is 1130. The van der Waals surface area contributed by atoms with Crippen molar-refractivity contribution in [1.29, 1.82) is 5.41 Å². The fourth-order valence-corrected chi connectivity index (χ4v) is 3.70. The van der Waals surface area contributed by atoms with Gasteiger partial charge in [0.15, 0.2) is 11.8 Å². The van der Waals surface area contributed by atoms with E-state index in [-0.39, 0.29) is 5.96 Å². The van der Waals surface area contributed by atoms with Gasteiger partial charge in [0.2, 0.25) is 5.88 Å². The van der Waals surface area contributed by atoms with E-state index < -0.39 is 0 Å². The molecule has 6 nitrogen and oxygen atoms in total. The molecule has 0 aliphatic carbocycles. The molecule has 1 heterocycles. The quantitative estimate of drug-likeness (QED) is 0.226. The summed E-state index contributed by atoms with van der Waals surface area (Å²) in [7, 11) is 0. The van der Waals surface area contributed by atoms with E-state index in [0.717, 1.165) is 42.6 Å². The predicted octanol–water partition coefficient (Wildman–Crippen LogP) is 5.25. The minimum Gasteiger partial charge on any atom is -0.477 e. The molecule has 0 aliphatic heterocycles. The first-order chi connectivity index (χ1) is 16.7. The fourth-order valence-electron chi connectivity index (χ4n) is 3.70. The zero-order valence-electron chi connectivity index (χ0n) is 19.1. The monoisotopic (exact) mass is 451 g/mol. The second-order valence-corrected chi connectivity index (χ2v) is 8.06. The Balaban J connectivity index is 1.49. The summed E-state index contributed by atoms with van der Waals surface area (Å²) in [5.74, 6) is 1.11. The molecule has 0 saturated carbocycles. The lowest BCUT2D eigenvalue weighted by Crippen LogP contribution is -2.20. The molecule has 0 amide bonds. The summed E-state index contributed by atoms with van der Waals surface area (Å²) in [6.45, 7) is 0.547. The number of anilines is 1. The summed E-state index contributed by atoms with van der Waals surface area (Å²) in [5, 5.41) is 10.2. The number of nitrogens with zero attached hydrogens (tertiary/aromatic N) is 2. The van der Waals surface area contributed by atoms with Crippen LogP contribution in [-0.4, -0.2) is 22.5 Å². The largest absolute Gasteiger partial charge is 0.477 e. The van der Waals surface area contributed by atoms with Crippen molar-refractivity contribution in [1.82, 2.24) is 9.97 Å². The molecule has 0 saturated heterocycles. The van der Waals surface area contributed by atoms with E-state index >= 15 is 0 Å². The number of nitrogens with one attached hydrogen (secondary N) is 2. The van der Waals surface area contributed by atoms with Gasteiger partial charge in [-0.2, -0.15) is 4.98 Å². The van der Waals surface area contributed by atoms with Crippen molar-refractivity contribution < 1.29 is 4.74 Å². The van der Waals surface area contributed by atoms with Crippen LogP contribution in [0.3, 0.4) is 0 Å². The van der Waals surface area contributed by atoms with Crippen LogP contribution in [-0.2, 0) is 19.3 Å². The summed E-state index contributed by atoms with van der Waals surface area (Å²) in [4.78, 5) is 9.48. The van der Waals surface area contributed by atoms with E-state index in [1.54, 1.807) is 0 Å². The van der Waals surface area contributed by atoms with Crippen molar-refractivity contribution >= 4 is 11.6 Å². The minimum absolute atomic E-state index is 0.0986. The first-order valence-electron chi connectivity index (χ1n) is 11.5. The first-order valence-corrected chi connectivity index (χ1v) is 11.5. The highest BCUT2D eigenvalue weighted by Crippen LogP contribution is 2.22. The summed E-state index contributed by atoms with van der Waals surface area (Å²) in [6.07, 6.45) is 3.64. The van der Waals surface area contributed by atoms with E-state index in [4.69, 9.17) is 20.9 Å². The molecule has 3 aromatic carbocycles. The van der Waals surface area contributed by atoms with Gasteiger partial charge in [-0.05, 0) is 54.7 Å². The average Bonchev–Trinajstić information content (AvgIpc) is 2.85. The Kier molecular flexibility index (Phi) is 7.85. The van der Waals surface area contributed by atoms with Gasteiger partial charge in [0.1, 0.15) is 0 Å². The molecule has 34 heavy (non-hydrogen) atoms. The van der Waals surface area contributed by atoms with Crippen molar-refractivity contribution in [3.8, 4) is 17.3 Å². The summed E-state index contributed by atoms with van der Waals surface area (Å²) in [6, 6.07) is 30.3. The Morgan fingerprint density at radius 1 is 0.794 bits per heavy atom. The van der Waals surface area contributed by atoms with Gasteiger partial charge in [0, 0.05) is 29.4 Å². The second kappa shape index (κ2) is 11.6. The molecule has 6 heteroatoms. The molecular weight excluding hydrogens is 422 g/mol. The molecule has 0 spiro atoms. The van der Waals surface area contributed by atoms with Gasteiger partial charge in [0.05, 0.1) is 6.61 Å². The van der Waals surface area contributed by atoms with Crippen molar-refractivity contribution in [2.75, 3.05) is 11.9 Å². The standard InChI is InChI=1S/C28H29N5O/c29-28(30)32-24-16-14-23(15-17-24)27-31-25(13-7-12-21-8-3-1-4-9-21)20-26(33-27)34-19-18-22-10-5-2-6-11-22/h1-6,8-11,14-17,20H,7,12-13,18-19H2,(H4,29,30,32). The van der Waals surface area contributed by atoms with Crippen LogP contribution in [0.1, 0.15) is 23.2 Å². The van der Waals surface area contributed by atoms with Gasteiger partial charge in [-0.1, -0.05) is 60.7 Å². The van der Waals surface area contributed by atoms with E-state index in [1.807, 2.05) is 54.6 Å². The highest BCUT2D eigenvalue weighted by atomic mass is 16.5. The second-order valence-electron chi connectivity index (χ2n) is 8.06. The zero-order chi connectivity index (χ0) is 23.6. The molecule has 0 bridgehead atoms. The number of aromatic nitrogens is 2. The Morgan fingerprint density at radius 3 is 2.09 bits per heavy atom. The molecule has 0 radical (unpaired) electrons. The third-order valence-electron chi connectivity index (χ3n) is 5.40. The SMILES string of the molecule is N=C(N)Nc1ccc(-c2nc(CCCc3ccccc3)cc(OCCc3ccccc3)n2)cc1. The lowest BCUT2D eigenvalue weighted by Gasteiger charge is -2.11. The Hall–Kier alpha value is -4.19. The molecule has 0 aliphatic rings. The number of rotatable bonds is 10. The van der Waals surface area contributed by atoms with Crippen LogP contribution >= 0.6 is 0 Å². The number of aryl methyl sites for hydroxylation is 2. The van der Waals surface area contributed by atoms with Crippen LogP contribution in [0.5, 0.6) is 5.88 Å². The van der Waals surface area contributed by atoms with Crippen molar-refractivity contribution in [3.63, 3.8) is 0 Å². The molecule has 0 atom stereocenters. The van der Waals surface area contributed by atoms with Gasteiger partial charge in [0.25, 0.3) is 0 Å². The maximum Gasteiger partial charge on any atom is 0.217 e. The van der Waals surface area contributed by atoms with E-state index in [1.165, 1.54) is 11.1 Å². The average molecular weight is 452 g/mol. The number of guanidine groups is 1. The van der Waals surface area contributed by atoms with Gasteiger partial charge < -0.3 is 15.8 Å². The van der Waals surface area contributed by atoms with Crippen LogP contribution in [0.4, 0.5) is 5.69 Å². The summed E-state index contributed by atoms with van der Waals surface area (Å²) < 4.78 is 6.05. The Morgan fingerprint density at radius 2 is 1.44 bits per heavy atom. The number of hydrogen-bond acceptors (Lipinski definition) is 4. The molecule has 0 unspecified atom stereocenters. The zero-order valence-corrected chi connectivity index (χ0v) is 19.1. The fraction of sp³-hybridized carbons (Fsp3) is 0.179. The normalized spacial score (nSPS) is 10.6. The maximum atomic E-state index is 7.38.